The molecule has 1 amide bonds. The summed E-state index contributed by atoms with van der Waals surface area (Å²) in [5.74, 6) is -1.16. The molecule has 120 valence electrons. The number of halogens is 1. The van der Waals surface area contributed by atoms with Crippen LogP contribution in [0.15, 0.2) is 47.4 Å². The fraction of sp³-hybridized carbons (Fsp3) is 0.133. The van der Waals surface area contributed by atoms with Gasteiger partial charge in [0.25, 0.3) is 10.0 Å². The zero-order chi connectivity index (χ0) is 16.6. The molecule has 2 aromatic rings. The van der Waals surface area contributed by atoms with Crippen LogP contribution < -0.4 is 14.4 Å². The van der Waals surface area contributed by atoms with E-state index in [0.717, 1.165) is 10.4 Å². The number of para-hydroxylation sites is 2. The summed E-state index contributed by atoms with van der Waals surface area (Å²) in [4.78, 5) is 11.7. The van der Waals surface area contributed by atoms with E-state index in [9.17, 15) is 17.6 Å². The molecule has 0 unspecified atom stereocenters. The maximum absolute atomic E-state index is 13.9. The van der Waals surface area contributed by atoms with Gasteiger partial charge < -0.3 is 10.1 Å². The number of rotatable bonds is 3. The van der Waals surface area contributed by atoms with Crippen LogP contribution in [0.25, 0.3) is 0 Å². The van der Waals surface area contributed by atoms with Gasteiger partial charge in [-0.2, -0.15) is 0 Å². The molecule has 1 N–H and O–H groups in total. The monoisotopic (exact) mass is 336 g/mol. The lowest BCUT2D eigenvalue weighted by atomic mass is 10.2. The van der Waals surface area contributed by atoms with Gasteiger partial charge in [-0.25, -0.2) is 12.8 Å². The number of sulfonamides is 1. The molecule has 0 atom stereocenters. The summed E-state index contributed by atoms with van der Waals surface area (Å²) in [6.45, 7) is -0.434. The van der Waals surface area contributed by atoms with Gasteiger partial charge in [0.1, 0.15) is 28.7 Å². The first-order valence-electron chi connectivity index (χ1n) is 6.69. The summed E-state index contributed by atoms with van der Waals surface area (Å²) in [5.41, 5.74) is -0.0715. The van der Waals surface area contributed by atoms with Crippen molar-refractivity contribution in [3.8, 4) is 5.75 Å². The molecule has 1 heterocycles. The number of carbonyl (C=O) groups is 1. The Hall–Kier alpha value is -2.61. The number of amides is 1. The topological polar surface area (TPSA) is 75.7 Å². The van der Waals surface area contributed by atoms with Crippen molar-refractivity contribution in [3.63, 3.8) is 0 Å². The zero-order valence-corrected chi connectivity index (χ0v) is 12.9. The molecule has 0 bridgehead atoms. The predicted molar refractivity (Wildman–Crippen MR) is 82.6 cm³/mol. The second-order valence-electron chi connectivity index (χ2n) is 4.84. The molecule has 0 saturated carbocycles. The summed E-state index contributed by atoms with van der Waals surface area (Å²) >= 11 is 0. The number of fused-ring (bicyclic) bond motifs is 1. The SMILES string of the molecule is COc1ccccc1S(=O)(=O)N1CC(=O)Nc2c(F)cccc21. The number of methoxy groups -OCH3 is 1. The Kier molecular flexibility index (Phi) is 3.69. The summed E-state index contributed by atoms with van der Waals surface area (Å²) in [6, 6.07) is 10.0. The molecule has 0 saturated heterocycles. The van der Waals surface area contributed by atoms with E-state index in [1.165, 1.54) is 31.4 Å². The maximum Gasteiger partial charge on any atom is 0.268 e. The number of anilines is 2. The van der Waals surface area contributed by atoms with Crippen LogP contribution in [0.4, 0.5) is 15.8 Å². The first-order chi connectivity index (χ1) is 10.9. The van der Waals surface area contributed by atoms with Gasteiger partial charge in [-0.15, -0.1) is 0 Å². The highest BCUT2D eigenvalue weighted by molar-refractivity contribution is 7.93. The summed E-state index contributed by atoms with van der Waals surface area (Å²) in [6.07, 6.45) is 0. The van der Waals surface area contributed by atoms with Crippen molar-refractivity contribution in [1.29, 1.82) is 0 Å². The molecule has 2 aromatic carbocycles. The second kappa shape index (κ2) is 5.54. The Morgan fingerprint density at radius 1 is 1.17 bits per heavy atom. The minimum absolute atomic E-state index is 0.0792. The van der Waals surface area contributed by atoms with E-state index in [1.807, 2.05) is 0 Å². The first-order valence-corrected chi connectivity index (χ1v) is 8.13. The van der Waals surface area contributed by atoms with Gasteiger partial charge in [0.05, 0.1) is 12.8 Å². The third-order valence-corrected chi connectivity index (χ3v) is 5.25. The van der Waals surface area contributed by atoms with Crippen LogP contribution in [-0.4, -0.2) is 28.0 Å². The lowest BCUT2D eigenvalue weighted by molar-refractivity contribution is -0.115. The number of hydrogen-bond donors (Lipinski definition) is 1. The average Bonchev–Trinajstić information content (AvgIpc) is 2.55. The van der Waals surface area contributed by atoms with Gasteiger partial charge in [-0.05, 0) is 24.3 Å². The normalized spacial score (nSPS) is 14.2. The molecule has 0 aliphatic carbocycles. The quantitative estimate of drug-likeness (QED) is 0.930. The molecule has 1 aliphatic heterocycles. The lowest BCUT2D eigenvalue weighted by Gasteiger charge is -2.30. The standard InChI is InChI=1S/C15H13FN2O4S/c1-22-12-7-2-3-8-13(12)23(20,21)18-9-14(19)17-15-10(16)5-4-6-11(15)18/h2-8H,9H2,1H3,(H,17,19). The van der Waals surface area contributed by atoms with E-state index in [2.05, 4.69) is 5.32 Å². The molecular formula is C15H13FN2O4S. The van der Waals surface area contributed by atoms with Crippen LogP contribution in [0.2, 0.25) is 0 Å². The highest BCUT2D eigenvalue weighted by atomic mass is 32.2. The summed E-state index contributed by atoms with van der Waals surface area (Å²) in [5, 5.41) is 2.36. The van der Waals surface area contributed by atoms with Crippen molar-refractivity contribution in [2.24, 2.45) is 0 Å². The lowest BCUT2D eigenvalue weighted by Crippen LogP contribution is -2.42. The average molecular weight is 336 g/mol. The first kappa shape index (κ1) is 15.3. The molecule has 3 rings (SSSR count). The van der Waals surface area contributed by atoms with E-state index in [0.29, 0.717) is 0 Å². The van der Waals surface area contributed by atoms with Crippen LogP contribution in [0, 0.1) is 5.82 Å². The van der Waals surface area contributed by atoms with Gasteiger partial charge in [0.2, 0.25) is 5.91 Å². The van der Waals surface area contributed by atoms with Gasteiger partial charge in [0, 0.05) is 0 Å². The van der Waals surface area contributed by atoms with Gasteiger partial charge >= 0.3 is 0 Å². The number of ether oxygens (including phenoxy) is 1. The minimum Gasteiger partial charge on any atom is -0.495 e. The highest BCUT2D eigenvalue weighted by Crippen LogP contribution is 2.37. The number of carbonyl (C=O) groups excluding carboxylic acids is 1. The molecule has 0 aromatic heterocycles. The van der Waals surface area contributed by atoms with Crippen LogP contribution >= 0.6 is 0 Å². The van der Waals surface area contributed by atoms with Crippen LogP contribution in [0.3, 0.4) is 0 Å². The third-order valence-electron chi connectivity index (χ3n) is 3.45. The Morgan fingerprint density at radius 3 is 2.65 bits per heavy atom. The molecule has 8 heteroatoms. The van der Waals surface area contributed by atoms with Crippen LogP contribution in [0.5, 0.6) is 5.75 Å². The van der Waals surface area contributed by atoms with E-state index in [4.69, 9.17) is 4.74 Å². The van der Waals surface area contributed by atoms with Crippen molar-refractivity contribution in [3.05, 3.63) is 48.3 Å². The van der Waals surface area contributed by atoms with Crippen LogP contribution in [0.1, 0.15) is 0 Å². The summed E-state index contributed by atoms with van der Waals surface area (Å²) in [7, 11) is -2.73. The van der Waals surface area contributed by atoms with Crippen molar-refractivity contribution < 1.29 is 22.3 Å². The fourth-order valence-corrected chi connectivity index (χ4v) is 4.00. The maximum atomic E-state index is 13.9. The number of benzene rings is 2. The Balaban J connectivity index is 2.19. The van der Waals surface area contributed by atoms with E-state index >= 15 is 0 Å². The molecular weight excluding hydrogens is 323 g/mol. The van der Waals surface area contributed by atoms with Gasteiger partial charge in [0.15, 0.2) is 0 Å². The van der Waals surface area contributed by atoms with E-state index in [1.54, 1.807) is 12.1 Å². The third kappa shape index (κ3) is 2.50. The highest BCUT2D eigenvalue weighted by Gasteiger charge is 2.35. The van der Waals surface area contributed by atoms with Crippen LogP contribution in [-0.2, 0) is 14.8 Å². The molecule has 6 nitrogen and oxygen atoms in total. The van der Waals surface area contributed by atoms with Crippen molar-refractivity contribution >= 4 is 27.3 Å². The zero-order valence-electron chi connectivity index (χ0n) is 12.1. The van der Waals surface area contributed by atoms with Crippen molar-refractivity contribution in [2.75, 3.05) is 23.3 Å². The predicted octanol–water partition coefficient (Wildman–Crippen LogP) is 1.98. The molecule has 1 aliphatic rings. The van der Waals surface area contributed by atoms with E-state index in [-0.39, 0.29) is 22.0 Å². The minimum atomic E-state index is -4.09. The largest absolute Gasteiger partial charge is 0.495 e. The molecule has 0 radical (unpaired) electrons. The molecule has 0 fully saturated rings. The van der Waals surface area contributed by atoms with Gasteiger partial charge in [-0.3, -0.25) is 9.10 Å². The van der Waals surface area contributed by atoms with Crippen molar-refractivity contribution in [1.82, 2.24) is 0 Å². The van der Waals surface area contributed by atoms with Gasteiger partial charge in [-0.1, -0.05) is 18.2 Å². The van der Waals surface area contributed by atoms with E-state index < -0.39 is 28.3 Å². The molecule has 23 heavy (non-hydrogen) atoms. The Labute approximate surface area is 132 Å². The number of hydrogen-bond acceptors (Lipinski definition) is 4. The summed E-state index contributed by atoms with van der Waals surface area (Å²) < 4.78 is 45.7. The number of nitrogens with zero attached hydrogens (tertiary/aromatic N) is 1. The Bertz CT molecular complexity index is 883. The Morgan fingerprint density at radius 2 is 1.91 bits per heavy atom. The smallest absolute Gasteiger partial charge is 0.268 e. The number of nitrogens with one attached hydrogen (secondary N) is 1. The molecule has 0 spiro atoms. The second-order valence-corrected chi connectivity index (χ2v) is 6.68. The van der Waals surface area contributed by atoms with Crippen molar-refractivity contribution in [2.45, 2.75) is 4.90 Å². The fourth-order valence-electron chi connectivity index (χ4n) is 2.40.